The van der Waals surface area contributed by atoms with Gasteiger partial charge in [0.25, 0.3) is 0 Å². The van der Waals surface area contributed by atoms with Gasteiger partial charge in [0.1, 0.15) is 5.54 Å². The zero-order valence-corrected chi connectivity index (χ0v) is 17.5. The van der Waals surface area contributed by atoms with Gasteiger partial charge in [-0.2, -0.15) is 4.72 Å². The number of nitrogens with one attached hydrogen (secondary N) is 1. The maximum Gasteiger partial charge on any atom is 0.325 e. The number of carboxylic acids is 1. The number of halogens is 1. The molecule has 154 valence electrons. The molecule has 0 amide bonds. The summed E-state index contributed by atoms with van der Waals surface area (Å²) in [6, 6.07) is 13.7. The molecule has 0 bridgehead atoms. The van der Waals surface area contributed by atoms with Crippen molar-refractivity contribution < 1.29 is 18.3 Å². The molecule has 2 aromatic rings. The molecule has 29 heavy (non-hydrogen) atoms. The van der Waals surface area contributed by atoms with E-state index in [0.717, 1.165) is 36.8 Å². The number of rotatable bonds is 6. The predicted octanol–water partition coefficient (Wildman–Crippen LogP) is 4.71. The fourth-order valence-electron chi connectivity index (χ4n) is 4.57. The van der Waals surface area contributed by atoms with Crippen LogP contribution in [0.1, 0.15) is 38.5 Å². The molecule has 2 aliphatic carbocycles. The number of hydrogen-bond acceptors (Lipinski definition) is 3. The Balaban J connectivity index is 1.53. The van der Waals surface area contributed by atoms with Gasteiger partial charge in [0.05, 0.1) is 4.90 Å². The van der Waals surface area contributed by atoms with Gasteiger partial charge in [-0.05, 0) is 53.6 Å². The third-order valence-electron chi connectivity index (χ3n) is 6.27. The van der Waals surface area contributed by atoms with Crippen molar-refractivity contribution in [1.82, 2.24) is 4.72 Å². The van der Waals surface area contributed by atoms with E-state index in [2.05, 4.69) is 4.72 Å². The summed E-state index contributed by atoms with van der Waals surface area (Å²) in [5.74, 6) is -0.910. The molecule has 0 radical (unpaired) electrons. The molecule has 0 spiro atoms. The van der Waals surface area contributed by atoms with Crippen molar-refractivity contribution >= 4 is 27.6 Å². The van der Waals surface area contributed by atoms with Crippen LogP contribution in [0.15, 0.2) is 53.4 Å². The number of carboxylic acid groups (broad SMARTS) is 1. The number of hydrogen-bond donors (Lipinski definition) is 2. The highest BCUT2D eigenvalue weighted by atomic mass is 35.5. The second-order valence-corrected chi connectivity index (χ2v) is 10.2. The minimum atomic E-state index is -3.93. The summed E-state index contributed by atoms with van der Waals surface area (Å²) in [5, 5.41) is 10.4. The normalized spacial score (nSPS) is 24.9. The van der Waals surface area contributed by atoms with E-state index >= 15 is 0 Å². The first-order valence-corrected chi connectivity index (χ1v) is 11.8. The average molecular weight is 434 g/mol. The Morgan fingerprint density at radius 2 is 1.52 bits per heavy atom. The summed E-state index contributed by atoms with van der Waals surface area (Å²) >= 11 is 5.91. The summed E-state index contributed by atoms with van der Waals surface area (Å²) in [6.07, 6.45) is 5.70. The maximum atomic E-state index is 12.9. The molecule has 2 fully saturated rings. The van der Waals surface area contributed by atoms with Crippen LogP contribution in [0, 0.1) is 11.8 Å². The van der Waals surface area contributed by atoms with E-state index in [1.807, 2.05) is 12.1 Å². The monoisotopic (exact) mass is 433 g/mol. The first-order chi connectivity index (χ1) is 13.8. The van der Waals surface area contributed by atoms with E-state index in [1.54, 1.807) is 24.3 Å². The van der Waals surface area contributed by atoms with Crippen LogP contribution in [0.2, 0.25) is 5.02 Å². The highest BCUT2D eigenvalue weighted by Gasteiger charge is 2.64. The van der Waals surface area contributed by atoms with Gasteiger partial charge < -0.3 is 5.11 Å². The molecule has 5 nitrogen and oxygen atoms in total. The van der Waals surface area contributed by atoms with Crippen LogP contribution in [0.4, 0.5) is 0 Å². The van der Waals surface area contributed by atoms with Gasteiger partial charge in [-0.3, -0.25) is 4.79 Å². The zero-order valence-electron chi connectivity index (χ0n) is 16.0. The van der Waals surface area contributed by atoms with Crippen molar-refractivity contribution in [2.75, 3.05) is 0 Å². The lowest BCUT2D eigenvalue weighted by molar-refractivity contribution is -0.140. The largest absolute Gasteiger partial charge is 0.480 e. The van der Waals surface area contributed by atoms with Crippen LogP contribution >= 0.6 is 11.6 Å². The van der Waals surface area contributed by atoms with E-state index in [0.29, 0.717) is 11.4 Å². The Morgan fingerprint density at radius 3 is 2.07 bits per heavy atom. The molecule has 0 aromatic heterocycles. The quantitative estimate of drug-likeness (QED) is 0.691. The topological polar surface area (TPSA) is 83.5 Å². The minimum Gasteiger partial charge on any atom is -0.480 e. The van der Waals surface area contributed by atoms with E-state index < -0.39 is 21.5 Å². The molecule has 2 aromatic carbocycles. The third-order valence-corrected chi connectivity index (χ3v) is 8.05. The summed E-state index contributed by atoms with van der Waals surface area (Å²) in [5.41, 5.74) is 0.420. The van der Waals surface area contributed by atoms with Gasteiger partial charge in [0, 0.05) is 5.02 Å². The number of carbonyl (C=O) groups is 1. The van der Waals surface area contributed by atoms with Gasteiger partial charge in [0.2, 0.25) is 10.0 Å². The van der Waals surface area contributed by atoms with Crippen LogP contribution in [0.3, 0.4) is 0 Å². The van der Waals surface area contributed by atoms with Gasteiger partial charge in [0.15, 0.2) is 0 Å². The summed E-state index contributed by atoms with van der Waals surface area (Å²) in [4.78, 5) is 12.0. The van der Waals surface area contributed by atoms with Crippen LogP contribution in [0.25, 0.3) is 11.1 Å². The standard InChI is InChI=1S/C22H24ClNO4S/c23-18-10-6-15(7-11-18)16-8-12-19(13-9-16)29(27,28)24-22(21(25)26)14-20(22)17-4-2-1-3-5-17/h6-13,17,20,24H,1-5,14H2,(H,25,26)/t20-,22+/m0/s1. The fraction of sp³-hybridized carbons (Fsp3) is 0.409. The smallest absolute Gasteiger partial charge is 0.325 e. The molecular formula is C22H24ClNO4S. The summed E-state index contributed by atoms with van der Waals surface area (Å²) in [6.45, 7) is 0. The Labute approximate surface area is 176 Å². The molecule has 2 atom stereocenters. The molecule has 0 saturated heterocycles. The van der Waals surface area contributed by atoms with Crippen molar-refractivity contribution in [3.8, 4) is 11.1 Å². The molecular weight excluding hydrogens is 410 g/mol. The lowest BCUT2D eigenvalue weighted by Gasteiger charge is -2.24. The Hall–Kier alpha value is -1.89. The highest BCUT2D eigenvalue weighted by molar-refractivity contribution is 7.89. The molecule has 2 N–H and O–H groups in total. The van der Waals surface area contributed by atoms with Crippen LogP contribution < -0.4 is 4.72 Å². The average Bonchev–Trinajstić information content (AvgIpc) is 3.44. The summed E-state index contributed by atoms with van der Waals surface area (Å²) in [7, 11) is -3.93. The van der Waals surface area contributed by atoms with Gasteiger partial charge in [-0.1, -0.05) is 68.0 Å². The Kier molecular flexibility index (Phi) is 5.44. The SMILES string of the molecule is O=C(O)[C@@]1(NS(=O)(=O)c2ccc(-c3ccc(Cl)cc3)cc2)C[C@H]1C1CCCCC1. The van der Waals surface area contributed by atoms with Crippen LogP contribution in [0.5, 0.6) is 0 Å². The lowest BCUT2D eigenvalue weighted by Crippen LogP contribution is -2.45. The molecule has 0 unspecified atom stereocenters. The second-order valence-electron chi connectivity index (χ2n) is 8.12. The van der Waals surface area contributed by atoms with Crippen molar-refractivity contribution in [1.29, 1.82) is 0 Å². The fourth-order valence-corrected chi connectivity index (χ4v) is 6.11. The van der Waals surface area contributed by atoms with E-state index in [-0.39, 0.29) is 16.7 Å². The van der Waals surface area contributed by atoms with Gasteiger partial charge in [-0.15, -0.1) is 0 Å². The maximum absolute atomic E-state index is 12.9. The lowest BCUT2D eigenvalue weighted by atomic mass is 9.84. The van der Waals surface area contributed by atoms with Crippen LogP contribution in [-0.2, 0) is 14.8 Å². The molecule has 2 saturated carbocycles. The highest BCUT2D eigenvalue weighted by Crippen LogP contribution is 2.53. The predicted molar refractivity (Wildman–Crippen MR) is 112 cm³/mol. The number of benzene rings is 2. The number of aliphatic carboxylic acids is 1. The van der Waals surface area contributed by atoms with Crippen molar-refractivity contribution in [3.05, 3.63) is 53.6 Å². The zero-order chi connectivity index (χ0) is 20.6. The molecule has 7 heteroatoms. The molecule has 0 aliphatic heterocycles. The van der Waals surface area contributed by atoms with Crippen molar-refractivity contribution in [2.45, 2.75) is 49.0 Å². The van der Waals surface area contributed by atoms with Crippen molar-refractivity contribution in [2.24, 2.45) is 11.8 Å². The summed E-state index contributed by atoms with van der Waals surface area (Å²) < 4.78 is 28.4. The molecule has 4 rings (SSSR count). The minimum absolute atomic E-state index is 0.0742. The van der Waals surface area contributed by atoms with E-state index in [4.69, 9.17) is 11.6 Å². The van der Waals surface area contributed by atoms with E-state index in [9.17, 15) is 18.3 Å². The molecule has 2 aliphatic rings. The first-order valence-electron chi connectivity index (χ1n) is 9.95. The Morgan fingerprint density at radius 1 is 0.966 bits per heavy atom. The Bertz CT molecular complexity index is 998. The van der Waals surface area contributed by atoms with Gasteiger partial charge >= 0.3 is 5.97 Å². The van der Waals surface area contributed by atoms with Crippen molar-refractivity contribution in [3.63, 3.8) is 0 Å². The second kappa shape index (κ2) is 7.74. The van der Waals surface area contributed by atoms with Gasteiger partial charge in [-0.25, -0.2) is 8.42 Å². The number of sulfonamides is 1. The van der Waals surface area contributed by atoms with E-state index in [1.165, 1.54) is 18.6 Å². The molecule has 0 heterocycles. The third kappa shape index (κ3) is 4.06. The first kappa shape index (κ1) is 20.4. The van der Waals surface area contributed by atoms with Crippen LogP contribution in [-0.4, -0.2) is 25.0 Å².